The number of carbonyl (C=O) groups excluding carboxylic acids is 2. The van der Waals surface area contributed by atoms with E-state index in [-0.39, 0.29) is 18.5 Å². The lowest BCUT2D eigenvalue weighted by Crippen LogP contribution is -2.76. The number of aliphatic hydroxyl groups is 1. The standard InChI is InChI=1S/C22H28FN3O4/c1-13(23)11-26-8-7-20-12-21(18(27)24-19(28)25-21)5-6-22(20,29)17(26)9-14-3-4-15(30-2)10-16(14)20/h3-4,10,13,17,29H,5-9,11-12H2,1-2H3,(H2,24,25,27,28)/t13?,17-,20-,21+,22-/m1/s1. The summed E-state index contributed by atoms with van der Waals surface area (Å²) in [5, 5.41) is 17.4. The summed E-state index contributed by atoms with van der Waals surface area (Å²) in [6.45, 7) is 2.45. The summed E-state index contributed by atoms with van der Waals surface area (Å²) in [4.78, 5) is 26.8. The zero-order chi connectivity index (χ0) is 21.3. The van der Waals surface area contributed by atoms with Crippen molar-refractivity contribution in [1.82, 2.24) is 15.5 Å². The topological polar surface area (TPSA) is 90.9 Å². The summed E-state index contributed by atoms with van der Waals surface area (Å²) in [5.74, 6) is 0.374. The number of rotatable bonds is 3. The van der Waals surface area contributed by atoms with Crippen molar-refractivity contribution in [2.24, 2.45) is 0 Å². The van der Waals surface area contributed by atoms with Crippen molar-refractivity contribution in [3.63, 3.8) is 0 Å². The van der Waals surface area contributed by atoms with E-state index in [0.29, 0.717) is 44.4 Å². The number of fused-ring (bicyclic) bond motifs is 1. The van der Waals surface area contributed by atoms with Crippen molar-refractivity contribution in [3.8, 4) is 5.75 Å². The number of imide groups is 1. The Kier molecular flexibility index (Phi) is 4.22. The van der Waals surface area contributed by atoms with Crippen LogP contribution in [0.2, 0.25) is 0 Å². The lowest BCUT2D eigenvalue weighted by Gasteiger charge is -2.65. The molecule has 30 heavy (non-hydrogen) atoms. The molecule has 8 heteroatoms. The molecule has 3 amide bonds. The molecule has 3 N–H and O–H groups in total. The highest BCUT2D eigenvalue weighted by molar-refractivity contribution is 6.07. The van der Waals surface area contributed by atoms with Crippen molar-refractivity contribution < 1.29 is 23.8 Å². The monoisotopic (exact) mass is 417 g/mol. The molecule has 2 aliphatic heterocycles. The van der Waals surface area contributed by atoms with E-state index in [1.54, 1.807) is 14.0 Å². The molecule has 3 fully saturated rings. The van der Waals surface area contributed by atoms with Gasteiger partial charge in [-0.3, -0.25) is 15.0 Å². The first kappa shape index (κ1) is 19.8. The van der Waals surface area contributed by atoms with Crippen LogP contribution in [0.3, 0.4) is 0 Å². The minimum absolute atomic E-state index is 0.233. The fourth-order valence-corrected chi connectivity index (χ4v) is 6.63. The quantitative estimate of drug-likeness (QED) is 0.647. The Morgan fingerprint density at radius 2 is 2.13 bits per heavy atom. The van der Waals surface area contributed by atoms with Crippen LogP contribution in [0.5, 0.6) is 5.75 Å². The smallest absolute Gasteiger partial charge is 0.322 e. The number of alkyl halides is 1. The van der Waals surface area contributed by atoms with Gasteiger partial charge in [0.05, 0.1) is 12.7 Å². The van der Waals surface area contributed by atoms with Gasteiger partial charge in [0.2, 0.25) is 0 Å². The number of nitrogens with one attached hydrogen (secondary N) is 2. The van der Waals surface area contributed by atoms with Gasteiger partial charge in [-0.25, -0.2) is 9.18 Å². The Hall–Kier alpha value is -2.19. The Labute approximate surface area is 175 Å². The van der Waals surface area contributed by atoms with E-state index in [1.807, 2.05) is 18.2 Å². The molecular formula is C22H28FN3O4. The average molecular weight is 417 g/mol. The summed E-state index contributed by atoms with van der Waals surface area (Å²) in [7, 11) is 1.61. The molecule has 4 aliphatic rings. The normalized spacial score (nSPS) is 38.5. The Morgan fingerprint density at radius 3 is 2.80 bits per heavy atom. The number of benzene rings is 1. The lowest BCUT2D eigenvalue weighted by molar-refractivity contribution is -0.181. The van der Waals surface area contributed by atoms with Crippen LogP contribution < -0.4 is 15.4 Å². The van der Waals surface area contributed by atoms with Gasteiger partial charge in [-0.05, 0) is 68.8 Å². The van der Waals surface area contributed by atoms with Crippen LogP contribution in [-0.4, -0.2) is 65.5 Å². The number of halogens is 1. The molecule has 1 unspecified atom stereocenters. The average Bonchev–Trinajstić information content (AvgIpc) is 2.97. The summed E-state index contributed by atoms with van der Waals surface area (Å²) in [6, 6.07) is 5.17. The Bertz CT molecular complexity index is 924. The molecule has 1 aromatic rings. The van der Waals surface area contributed by atoms with Crippen LogP contribution in [0.15, 0.2) is 18.2 Å². The highest BCUT2D eigenvalue weighted by Crippen LogP contribution is 2.60. The third-order valence-corrected chi connectivity index (χ3v) is 7.93. The molecule has 5 atom stereocenters. The minimum Gasteiger partial charge on any atom is -0.497 e. The van der Waals surface area contributed by atoms with Gasteiger partial charge in [0.1, 0.15) is 17.5 Å². The molecule has 1 spiro atoms. The SMILES string of the molecule is COc1ccc2c(c1)[C@]13CCN(CC(C)F)[C@H](C2)[C@]1(O)CC[C@@]1(C3)NC(=O)NC1=O. The molecule has 5 rings (SSSR count). The molecule has 0 aromatic heterocycles. The molecule has 2 bridgehead atoms. The van der Waals surface area contributed by atoms with Gasteiger partial charge in [0, 0.05) is 18.0 Å². The Morgan fingerprint density at radius 1 is 1.33 bits per heavy atom. The van der Waals surface area contributed by atoms with Crippen molar-refractivity contribution in [2.45, 2.75) is 67.8 Å². The highest BCUT2D eigenvalue weighted by atomic mass is 19.1. The number of urea groups is 1. The largest absolute Gasteiger partial charge is 0.497 e. The molecular weight excluding hydrogens is 389 g/mol. The first-order valence-corrected chi connectivity index (χ1v) is 10.6. The van der Waals surface area contributed by atoms with E-state index < -0.39 is 28.8 Å². The maximum absolute atomic E-state index is 13.9. The lowest BCUT2D eigenvalue weighted by atomic mass is 9.46. The highest BCUT2D eigenvalue weighted by Gasteiger charge is 2.69. The van der Waals surface area contributed by atoms with Gasteiger partial charge in [0.15, 0.2) is 0 Å². The number of amides is 3. The zero-order valence-electron chi connectivity index (χ0n) is 17.3. The third kappa shape index (κ3) is 2.49. The molecule has 7 nitrogen and oxygen atoms in total. The fourth-order valence-electron chi connectivity index (χ4n) is 6.63. The number of hydrogen-bond acceptors (Lipinski definition) is 5. The van der Waals surface area contributed by atoms with Crippen LogP contribution in [0.1, 0.15) is 43.7 Å². The number of piperidine rings is 1. The van der Waals surface area contributed by atoms with Gasteiger partial charge < -0.3 is 15.2 Å². The van der Waals surface area contributed by atoms with Crippen LogP contribution >= 0.6 is 0 Å². The number of methoxy groups -OCH3 is 1. The molecule has 1 saturated carbocycles. The number of likely N-dealkylation sites (tertiary alicyclic amines) is 1. The van der Waals surface area contributed by atoms with E-state index >= 15 is 0 Å². The van der Waals surface area contributed by atoms with Gasteiger partial charge in [-0.1, -0.05) is 6.07 Å². The fraction of sp³-hybridized carbons (Fsp3) is 0.636. The van der Waals surface area contributed by atoms with E-state index in [4.69, 9.17) is 4.74 Å². The Balaban J connectivity index is 1.67. The van der Waals surface area contributed by atoms with E-state index in [2.05, 4.69) is 15.5 Å². The van der Waals surface area contributed by atoms with Crippen LogP contribution in [0.25, 0.3) is 0 Å². The maximum Gasteiger partial charge on any atom is 0.322 e. The molecule has 2 saturated heterocycles. The minimum atomic E-state index is -1.11. The summed E-state index contributed by atoms with van der Waals surface area (Å²) in [6.07, 6.45) is 1.25. The first-order valence-electron chi connectivity index (χ1n) is 10.6. The van der Waals surface area contributed by atoms with Gasteiger partial charge in [0.25, 0.3) is 5.91 Å². The number of nitrogens with zero attached hydrogens (tertiary/aromatic N) is 1. The number of carbonyl (C=O) groups is 2. The van der Waals surface area contributed by atoms with Crippen molar-refractivity contribution in [1.29, 1.82) is 0 Å². The van der Waals surface area contributed by atoms with Crippen LogP contribution in [0, 0.1) is 0 Å². The maximum atomic E-state index is 13.9. The van der Waals surface area contributed by atoms with Crippen molar-refractivity contribution >= 4 is 11.9 Å². The van der Waals surface area contributed by atoms with Gasteiger partial charge in [-0.2, -0.15) is 0 Å². The summed E-state index contributed by atoms with van der Waals surface area (Å²) < 4.78 is 19.4. The first-order chi connectivity index (χ1) is 14.2. The number of ether oxygens (including phenoxy) is 1. The van der Waals surface area contributed by atoms with Crippen LogP contribution in [-0.2, 0) is 16.6 Å². The molecule has 162 valence electrons. The van der Waals surface area contributed by atoms with Gasteiger partial charge >= 0.3 is 6.03 Å². The zero-order valence-corrected chi connectivity index (χ0v) is 17.3. The predicted molar refractivity (Wildman–Crippen MR) is 107 cm³/mol. The van der Waals surface area contributed by atoms with Crippen molar-refractivity contribution in [2.75, 3.05) is 20.2 Å². The second-order valence-corrected chi connectivity index (χ2v) is 9.44. The van der Waals surface area contributed by atoms with Crippen LogP contribution in [0.4, 0.5) is 9.18 Å². The summed E-state index contributed by atoms with van der Waals surface area (Å²) >= 11 is 0. The van der Waals surface area contributed by atoms with E-state index in [0.717, 1.165) is 11.1 Å². The van der Waals surface area contributed by atoms with E-state index in [9.17, 15) is 19.1 Å². The van der Waals surface area contributed by atoms with E-state index in [1.165, 1.54) is 0 Å². The molecule has 1 aromatic carbocycles. The third-order valence-electron chi connectivity index (χ3n) is 7.93. The second kappa shape index (κ2) is 6.40. The molecule has 2 aliphatic carbocycles. The summed E-state index contributed by atoms with van der Waals surface area (Å²) in [5.41, 5.74) is -0.785. The predicted octanol–water partition coefficient (Wildman–Crippen LogP) is 1.41. The second-order valence-electron chi connectivity index (χ2n) is 9.44. The number of hydrogen-bond donors (Lipinski definition) is 3. The van der Waals surface area contributed by atoms with Gasteiger partial charge in [-0.15, -0.1) is 0 Å². The van der Waals surface area contributed by atoms with Crippen molar-refractivity contribution in [3.05, 3.63) is 29.3 Å². The molecule has 0 radical (unpaired) electrons. The molecule has 2 heterocycles.